The summed E-state index contributed by atoms with van der Waals surface area (Å²) in [6.45, 7) is 15.0. The molecule has 2 aliphatic rings. The average Bonchev–Trinajstić information content (AvgIpc) is 3.30. The molecule has 2 aromatic carbocycles. The number of aromatic nitrogens is 5. The Morgan fingerprint density at radius 1 is 0.962 bits per heavy atom. The van der Waals surface area contributed by atoms with E-state index in [1.54, 1.807) is 24.4 Å². The van der Waals surface area contributed by atoms with Crippen LogP contribution in [0.15, 0.2) is 65.7 Å². The number of amides is 1. The number of carbonyl (C=O) groups is 1. The number of ether oxygens (including phenoxy) is 1. The van der Waals surface area contributed by atoms with Crippen molar-refractivity contribution in [1.29, 1.82) is 0 Å². The van der Waals surface area contributed by atoms with Crippen LogP contribution in [0.1, 0.15) is 92.8 Å². The Bertz CT molecular complexity index is 2270. The SMILES string of the molecule is Cc1cccc(C)c1-c1cc2nc(n1)NS(=O)(=O)c1cccc(c1)C(=O)N1C(c3cnc4cc(C(C)(C)C)n(C)c4n3)CCC[C@@H](C(C)C)[C@@H]1CO2. The van der Waals surface area contributed by atoms with Crippen molar-refractivity contribution in [2.24, 2.45) is 18.9 Å². The van der Waals surface area contributed by atoms with Gasteiger partial charge in [0.1, 0.15) is 12.1 Å². The first kappa shape index (κ1) is 35.6. The van der Waals surface area contributed by atoms with Crippen LogP contribution in [0.3, 0.4) is 0 Å². The normalized spacial score (nSPS) is 20.6. The molecule has 1 saturated heterocycles. The van der Waals surface area contributed by atoms with Crippen molar-refractivity contribution in [1.82, 2.24) is 29.4 Å². The lowest BCUT2D eigenvalue weighted by Crippen LogP contribution is -2.50. The monoisotopic (exact) mass is 721 g/mol. The average molecular weight is 722 g/mol. The molecule has 12 heteroatoms. The van der Waals surface area contributed by atoms with Gasteiger partial charge in [0.25, 0.3) is 15.9 Å². The maximum atomic E-state index is 15.0. The van der Waals surface area contributed by atoms with Gasteiger partial charge in [-0.2, -0.15) is 4.98 Å². The summed E-state index contributed by atoms with van der Waals surface area (Å²) >= 11 is 0. The summed E-state index contributed by atoms with van der Waals surface area (Å²) in [5.74, 6) is 0.103. The van der Waals surface area contributed by atoms with Gasteiger partial charge in [-0.05, 0) is 73.9 Å². The van der Waals surface area contributed by atoms with E-state index in [0.717, 1.165) is 46.4 Å². The molecule has 1 fully saturated rings. The van der Waals surface area contributed by atoms with Crippen LogP contribution in [0.25, 0.3) is 22.4 Å². The first-order valence-electron chi connectivity index (χ1n) is 18.0. The summed E-state index contributed by atoms with van der Waals surface area (Å²) in [5, 5.41) is 0. The Labute approximate surface area is 305 Å². The van der Waals surface area contributed by atoms with Crippen molar-refractivity contribution < 1.29 is 17.9 Å². The third-order valence-electron chi connectivity index (χ3n) is 10.6. The minimum absolute atomic E-state index is 0.0656. The Balaban J connectivity index is 1.42. The summed E-state index contributed by atoms with van der Waals surface area (Å²) < 4.78 is 39.0. The first-order valence-corrected chi connectivity index (χ1v) is 19.5. The smallest absolute Gasteiger partial charge is 0.264 e. The molecule has 1 unspecified atom stereocenters. The number of hydrogen-bond acceptors (Lipinski definition) is 8. The van der Waals surface area contributed by atoms with Gasteiger partial charge in [0.15, 0.2) is 5.65 Å². The van der Waals surface area contributed by atoms with E-state index in [9.17, 15) is 8.42 Å². The number of fused-ring (bicyclic) bond motifs is 6. The molecule has 5 heterocycles. The van der Waals surface area contributed by atoms with Crippen molar-refractivity contribution in [3.63, 3.8) is 0 Å². The molecule has 11 nitrogen and oxygen atoms in total. The second-order valence-corrected chi connectivity index (χ2v) is 17.3. The standard InChI is InChI=1S/C40H47N7O4S/c1-23(2)28-16-11-17-32(31-21-41-30-19-34(40(5,6)7)46(8)37(30)42-31)47-33(28)22-51-35-20-29(36-24(3)12-9-13-25(36)4)43-39(44-35)45-52(49,50)27-15-10-14-26(18-27)38(47)48/h9-10,12-15,18-21,23,28,32-33H,11,16-17,22H2,1-8H3,(H,43,44,45)/t28-,32?,33-/m0/s1. The van der Waals surface area contributed by atoms with Crippen LogP contribution in [0, 0.1) is 25.7 Å². The molecule has 1 amide bonds. The molecule has 3 atom stereocenters. The molecule has 3 aromatic heterocycles. The molecule has 1 N–H and O–H groups in total. The Kier molecular flexibility index (Phi) is 9.09. The molecule has 272 valence electrons. The van der Waals surface area contributed by atoms with E-state index in [1.165, 1.54) is 12.1 Å². The molecule has 52 heavy (non-hydrogen) atoms. The predicted octanol–water partition coefficient (Wildman–Crippen LogP) is 7.54. The molecule has 0 saturated carbocycles. The van der Waals surface area contributed by atoms with Crippen molar-refractivity contribution in [2.45, 2.75) is 90.1 Å². The number of sulfonamides is 1. The molecular weight excluding hydrogens is 675 g/mol. The van der Waals surface area contributed by atoms with Gasteiger partial charge in [0.2, 0.25) is 11.8 Å². The Morgan fingerprint density at radius 2 is 1.69 bits per heavy atom. The van der Waals surface area contributed by atoms with Gasteiger partial charge in [-0.1, -0.05) is 65.3 Å². The topological polar surface area (TPSA) is 132 Å². The van der Waals surface area contributed by atoms with Crippen LogP contribution in [-0.4, -0.2) is 56.4 Å². The summed E-state index contributed by atoms with van der Waals surface area (Å²) in [6, 6.07) is 15.1. The highest BCUT2D eigenvalue weighted by atomic mass is 32.2. The van der Waals surface area contributed by atoms with Gasteiger partial charge in [0, 0.05) is 35.3 Å². The van der Waals surface area contributed by atoms with E-state index < -0.39 is 22.1 Å². The van der Waals surface area contributed by atoms with Crippen LogP contribution < -0.4 is 9.46 Å². The molecule has 0 spiro atoms. The quantitative estimate of drug-likeness (QED) is 0.202. The highest BCUT2D eigenvalue weighted by molar-refractivity contribution is 7.92. The maximum absolute atomic E-state index is 15.0. The third kappa shape index (κ3) is 6.53. The number of aryl methyl sites for hydroxylation is 3. The lowest BCUT2D eigenvalue weighted by Gasteiger charge is -2.40. The fraction of sp³-hybridized carbons (Fsp3) is 0.425. The minimum Gasteiger partial charge on any atom is -0.475 e. The fourth-order valence-corrected chi connectivity index (χ4v) is 9.03. The number of rotatable bonds is 3. The van der Waals surface area contributed by atoms with Crippen LogP contribution >= 0.6 is 0 Å². The maximum Gasteiger partial charge on any atom is 0.264 e. The first-order chi connectivity index (χ1) is 24.6. The number of carbonyl (C=O) groups excluding carboxylic acids is 1. The lowest BCUT2D eigenvalue weighted by atomic mass is 9.84. The number of anilines is 1. The number of hydrogen-bond donors (Lipinski definition) is 1. The lowest BCUT2D eigenvalue weighted by molar-refractivity contribution is 0.0320. The molecule has 5 aromatic rings. The van der Waals surface area contributed by atoms with Gasteiger partial charge < -0.3 is 14.2 Å². The summed E-state index contributed by atoms with van der Waals surface area (Å²) in [4.78, 5) is 36.1. The zero-order valence-corrected chi connectivity index (χ0v) is 32.0. The summed E-state index contributed by atoms with van der Waals surface area (Å²) in [6.07, 6.45) is 4.19. The van der Waals surface area contributed by atoms with Gasteiger partial charge in [-0.25, -0.2) is 23.1 Å². The second-order valence-electron chi connectivity index (χ2n) is 15.6. The second kappa shape index (κ2) is 13.3. The molecule has 7 rings (SSSR count). The van der Waals surface area contributed by atoms with Crippen LogP contribution in [0.4, 0.5) is 5.95 Å². The van der Waals surface area contributed by atoms with Gasteiger partial charge >= 0.3 is 0 Å². The number of nitrogens with one attached hydrogen (secondary N) is 1. The Morgan fingerprint density at radius 3 is 2.40 bits per heavy atom. The predicted molar refractivity (Wildman–Crippen MR) is 202 cm³/mol. The van der Waals surface area contributed by atoms with E-state index in [-0.39, 0.29) is 52.1 Å². The van der Waals surface area contributed by atoms with Crippen molar-refractivity contribution in [3.05, 3.63) is 88.9 Å². The van der Waals surface area contributed by atoms with Gasteiger partial charge in [0.05, 0.1) is 34.6 Å². The van der Waals surface area contributed by atoms with Gasteiger partial charge in [-0.3, -0.25) is 9.78 Å². The van der Waals surface area contributed by atoms with E-state index in [4.69, 9.17) is 14.7 Å². The van der Waals surface area contributed by atoms with Crippen LogP contribution in [0.2, 0.25) is 0 Å². The van der Waals surface area contributed by atoms with Gasteiger partial charge in [-0.15, -0.1) is 0 Å². The van der Waals surface area contributed by atoms with E-state index >= 15 is 4.79 Å². The van der Waals surface area contributed by atoms with Crippen molar-refractivity contribution >= 4 is 33.0 Å². The van der Waals surface area contributed by atoms with Crippen LogP contribution in [0.5, 0.6) is 5.88 Å². The minimum atomic E-state index is -4.19. The van der Waals surface area contributed by atoms with E-state index in [1.807, 2.05) is 44.0 Å². The third-order valence-corrected chi connectivity index (χ3v) is 11.9. The van der Waals surface area contributed by atoms with Crippen molar-refractivity contribution in [3.8, 4) is 17.1 Å². The van der Waals surface area contributed by atoms with E-state index in [0.29, 0.717) is 17.8 Å². The molecule has 0 radical (unpaired) electrons. The molecule has 2 aliphatic heterocycles. The summed E-state index contributed by atoms with van der Waals surface area (Å²) in [7, 11) is -2.19. The largest absolute Gasteiger partial charge is 0.475 e. The zero-order valence-electron chi connectivity index (χ0n) is 31.1. The molecule has 4 bridgehead atoms. The van der Waals surface area contributed by atoms with Crippen molar-refractivity contribution in [2.75, 3.05) is 11.3 Å². The van der Waals surface area contributed by atoms with Crippen LogP contribution in [-0.2, 0) is 22.5 Å². The van der Waals surface area contributed by atoms with E-state index in [2.05, 4.69) is 59.9 Å². The number of benzene rings is 2. The fourth-order valence-electron chi connectivity index (χ4n) is 8.04. The summed E-state index contributed by atoms with van der Waals surface area (Å²) in [5.41, 5.74) is 6.87. The number of nitrogens with zero attached hydrogens (tertiary/aromatic N) is 6. The zero-order chi connectivity index (χ0) is 37.1. The highest BCUT2D eigenvalue weighted by Gasteiger charge is 2.42. The molecule has 0 aliphatic carbocycles. The Hall–Kier alpha value is -4.84. The molecular formula is C40H47N7O4S. The highest BCUT2D eigenvalue weighted by Crippen LogP contribution is 2.40.